The fraction of sp³-hybridized carbons (Fsp3) is 0.333. The summed E-state index contributed by atoms with van der Waals surface area (Å²) in [5.41, 5.74) is -1.29. The van der Waals surface area contributed by atoms with Gasteiger partial charge >= 0.3 is 6.18 Å². The predicted octanol–water partition coefficient (Wildman–Crippen LogP) is 4.18. The normalized spacial score (nSPS) is 11.7. The van der Waals surface area contributed by atoms with Gasteiger partial charge in [0.15, 0.2) is 5.82 Å². The second kappa shape index (κ2) is 5.74. The molecule has 0 atom stereocenters. The van der Waals surface area contributed by atoms with Crippen LogP contribution in [0, 0.1) is 5.82 Å². The molecule has 1 N–H and O–H groups in total. The van der Waals surface area contributed by atoms with Gasteiger partial charge in [-0.25, -0.2) is 4.39 Å². The van der Waals surface area contributed by atoms with Gasteiger partial charge in [-0.15, -0.1) is 0 Å². The molecule has 0 aliphatic carbocycles. The van der Waals surface area contributed by atoms with E-state index in [-0.39, 0.29) is 11.4 Å². The topological polar surface area (TPSA) is 37.8 Å². The summed E-state index contributed by atoms with van der Waals surface area (Å²) < 4.78 is 55.7. The zero-order chi connectivity index (χ0) is 14.8. The third-order valence-corrected chi connectivity index (χ3v) is 3.15. The van der Waals surface area contributed by atoms with Crippen molar-refractivity contribution < 1.29 is 17.6 Å². The van der Waals surface area contributed by atoms with E-state index in [0.29, 0.717) is 17.7 Å². The van der Waals surface area contributed by atoms with Crippen molar-refractivity contribution in [3.63, 3.8) is 0 Å². The molecule has 1 aromatic carbocycles. The number of hydrogen-bond donors (Lipinski definition) is 1. The van der Waals surface area contributed by atoms with E-state index < -0.39 is 17.6 Å². The molecule has 0 saturated heterocycles. The van der Waals surface area contributed by atoms with Crippen LogP contribution in [-0.2, 0) is 6.18 Å². The Morgan fingerprint density at radius 3 is 2.70 bits per heavy atom. The first-order valence-corrected chi connectivity index (χ1v) is 6.64. The van der Waals surface area contributed by atoms with Crippen LogP contribution in [-0.4, -0.2) is 15.9 Å². The van der Waals surface area contributed by atoms with Crippen molar-refractivity contribution in [2.24, 2.45) is 0 Å². The average molecular weight is 305 g/mol. The van der Waals surface area contributed by atoms with Gasteiger partial charge in [-0.05, 0) is 24.6 Å². The fourth-order valence-corrected chi connectivity index (χ4v) is 2.19. The molecule has 2 rings (SSSR count). The molecule has 108 valence electrons. The molecule has 0 bridgehead atoms. The Kier molecular flexibility index (Phi) is 4.22. The molecule has 1 heterocycles. The van der Waals surface area contributed by atoms with E-state index in [1.165, 1.54) is 0 Å². The highest BCUT2D eigenvalue weighted by Crippen LogP contribution is 2.37. The number of nitrogens with zero attached hydrogens (tertiary/aromatic N) is 2. The molecular weight excluding hydrogens is 294 g/mol. The maximum atomic E-state index is 13.2. The second-order valence-electron chi connectivity index (χ2n) is 4.04. The van der Waals surface area contributed by atoms with Gasteiger partial charge < -0.3 is 5.32 Å². The molecule has 0 fully saturated rings. The maximum absolute atomic E-state index is 13.2. The number of benzene rings is 1. The molecule has 2 aromatic rings. The number of nitrogens with one attached hydrogen (secondary N) is 1. The highest BCUT2D eigenvalue weighted by molar-refractivity contribution is 7.09. The van der Waals surface area contributed by atoms with Crippen molar-refractivity contribution in [3.05, 3.63) is 29.6 Å². The minimum Gasteiger partial charge on any atom is -0.360 e. The SMILES string of the molecule is CCCNc1nc(-c2cc(F)ccc2C(F)(F)F)ns1. The van der Waals surface area contributed by atoms with Gasteiger partial charge in [0, 0.05) is 23.6 Å². The first-order chi connectivity index (χ1) is 9.41. The smallest absolute Gasteiger partial charge is 0.360 e. The van der Waals surface area contributed by atoms with Gasteiger partial charge in [0.1, 0.15) is 5.82 Å². The Labute approximate surface area is 116 Å². The van der Waals surface area contributed by atoms with Crippen molar-refractivity contribution in [1.82, 2.24) is 9.36 Å². The molecular formula is C12H11F4N3S. The highest BCUT2D eigenvalue weighted by Gasteiger charge is 2.34. The molecule has 0 radical (unpaired) electrons. The molecule has 1 aromatic heterocycles. The average Bonchev–Trinajstić information content (AvgIpc) is 2.83. The summed E-state index contributed by atoms with van der Waals surface area (Å²) in [5, 5.41) is 3.34. The Hall–Kier alpha value is -1.70. The third-order valence-electron chi connectivity index (χ3n) is 2.48. The number of rotatable bonds is 4. The minimum absolute atomic E-state index is 0.125. The van der Waals surface area contributed by atoms with Crippen LogP contribution in [0.2, 0.25) is 0 Å². The van der Waals surface area contributed by atoms with Gasteiger partial charge in [-0.2, -0.15) is 22.5 Å². The lowest BCUT2D eigenvalue weighted by Gasteiger charge is -2.10. The molecule has 8 heteroatoms. The summed E-state index contributed by atoms with van der Waals surface area (Å²) in [6, 6.07) is 2.27. The Morgan fingerprint density at radius 1 is 1.30 bits per heavy atom. The van der Waals surface area contributed by atoms with Crippen molar-refractivity contribution in [2.75, 3.05) is 11.9 Å². The zero-order valence-electron chi connectivity index (χ0n) is 10.5. The van der Waals surface area contributed by atoms with Gasteiger partial charge in [0.05, 0.1) is 5.56 Å². The van der Waals surface area contributed by atoms with Crippen LogP contribution >= 0.6 is 11.5 Å². The Morgan fingerprint density at radius 2 is 2.05 bits per heavy atom. The summed E-state index contributed by atoms with van der Waals surface area (Å²) in [5.74, 6) is -0.883. The van der Waals surface area contributed by atoms with E-state index >= 15 is 0 Å². The van der Waals surface area contributed by atoms with Crippen LogP contribution in [0.3, 0.4) is 0 Å². The molecule has 0 unspecified atom stereocenters. The van der Waals surface area contributed by atoms with Crippen LogP contribution in [0.1, 0.15) is 18.9 Å². The van der Waals surface area contributed by atoms with Crippen molar-refractivity contribution in [2.45, 2.75) is 19.5 Å². The van der Waals surface area contributed by atoms with Crippen LogP contribution in [0.15, 0.2) is 18.2 Å². The summed E-state index contributed by atoms with van der Waals surface area (Å²) in [7, 11) is 0. The molecule has 0 aliphatic rings. The van der Waals surface area contributed by atoms with Crippen LogP contribution < -0.4 is 5.32 Å². The first kappa shape index (κ1) is 14.7. The van der Waals surface area contributed by atoms with Crippen LogP contribution in [0.25, 0.3) is 11.4 Å². The monoisotopic (exact) mass is 305 g/mol. The lowest BCUT2D eigenvalue weighted by Crippen LogP contribution is -2.08. The molecule has 0 aliphatic heterocycles. The van der Waals surface area contributed by atoms with E-state index in [4.69, 9.17) is 0 Å². The molecule has 0 saturated carbocycles. The standard InChI is InChI=1S/C12H11F4N3S/c1-2-5-17-11-18-10(19-20-11)8-6-7(13)3-4-9(8)12(14,15)16/h3-4,6H,2,5H2,1H3,(H,17,18,19). The van der Waals surface area contributed by atoms with E-state index in [1.807, 2.05) is 6.92 Å². The maximum Gasteiger partial charge on any atom is 0.417 e. The fourth-order valence-electron chi connectivity index (χ4n) is 1.59. The Bertz CT molecular complexity index is 595. The van der Waals surface area contributed by atoms with Crippen LogP contribution in [0.4, 0.5) is 22.7 Å². The minimum atomic E-state index is -4.58. The summed E-state index contributed by atoms with van der Waals surface area (Å²) in [6.07, 6.45) is -3.73. The van der Waals surface area contributed by atoms with E-state index in [2.05, 4.69) is 14.7 Å². The first-order valence-electron chi connectivity index (χ1n) is 5.86. The number of alkyl halides is 3. The van der Waals surface area contributed by atoms with Crippen LogP contribution in [0.5, 0.6) is 0 Å². The van der Waals surface area contributed by atoms with Crippen molar-refractivity contribution >= 4 is 16.7 Å². The van der Waals surface area contributed by atoms with Gasteiger partial charge in [0.2, 0.25) is 5.13 Å². The number of hydrogen-bond acceptors (Lipinski definition) is 4. The van der Waals surface area contributed by atoms with Gasteiger partial charge in [-0.1, -0.05) is 6.92 Å². The van der Waals surface area contributed by atoms with E-state index in [9.17, 15) is 17.6 Å². The third kappa shape index (κ3) is 3.24. The van der Waals surface area contributed by atoms with Crippen molar-refractivity contribution in [3.8, 4) is 11.4 Å². The molecule has 0 spiro atoms. The summed E-state index contributed by atoms with van der Waals surface area (Å²) >= 11 is 0.948. The predicted molar refractivity (Wildman–Crippen MR) is 69.1 cm³/mol. The lowest BCUT2D eigenvalue weighted by molar-refractivity contribution is -0.137. The number of halogens is 4. The largest absolute Gasteiger partial charge is 0.417 e. The van der Waals surface area contributed by atoms with E-state index in [0.717, 1.165) is 30.1 Å². The summed E-state index contributed by atoms with van der Waals surface area (Å²) in [6.45, 7) is 2.59. The zero-order valence-corrected chi connectivity index (χ0v) is 11.3. The number of anilines is 1. The molecule has 20 heavy (non-hydrogen) atoms. The van der Waals surface area contributed by atoms with Gasteiger partial charge in [0.25, 0.3) is 0 Å². The van der Waals surface area contributed by atoms with Crippen molar-refractivity contribution in [1.29, 1.82) is 0 Å². The van der Waals surface area contributed by atoms with Gasteiger partial charge in [-0.3, -0.25) is 0 Å². The van der Waals surface area contributed by atoms with E-state index in [1.54, 1.807) is 0 Å². The Balaban J connectivity index is 2.41. The summed E-state index contributed by atoms with van der Waals surface area (Å²) in [4.78, 5) is 3.96. The second-order valence-corrected chi connectivity index (χ2v) is 4.79. The quantitative estimate of drug-likeness (QED) is 0.861. The molecule has 0 amide bonds. The molecule has 3 nitrogen and oxygen atoms in total. The lowest BCUT2D eigenvalue weighted by atomic mass is 10.1. The number of aromatic nitrogens is 2. The highest BCUT2D eigenvalue weighted by atomic mass is 32.1.